The summed E-state index contributed by atoms with van der Waals surface area (Å²) in [7, 11) is 0. The third-order valence-electron chi connectivity index (χ3n) is 4.91. The monoisotopic (exact) mass is 444 g/mol. The van der Waals surface area contributed by atoms with Crippen molar-refractivity contribution in [2.45, 2.75) is 19.5 Å². The van der Waals surface area contributed by atoms with Gasteiger partial charge in [0, 0.05) is 24.3 Å². The van der Waals surface area contributed by atoms with Crippen molar-refractivity contribution >= 4 is 22.8 Å². The number of alkyl halides is 3. The van der Waals surface area contributed by atoms with Crippen LogP contribution in [0.1, 0.15) is 18.9 Å². The van der Waals surface area contributed by atoms with Gasteiger partial charge in [0.05, 0.1) is 16.8 Å². The Hall–Kier alpha value is -3.89. The summed E-state index contributed by atoms with van der Waals surface area (Å²) in [5.74, 6) is 0.679. The number of hydrogen-bond donors (Lipinski definition) is 2. The molecular weight excluding hydrogens is 425 g/mol. The Morgan fingerprint density at radius 3 is 2.53 bits per heavy atom. The molecule has 166 valence electrons. The van der Waals surface area contributed by atoms with Crippen molar-refractivity contribution in [2.24, 2.45) is 5.92 Å². The molecule has 1 atom stereocenters. The fourth-order valence-electron chi connectivity index (χ4n) is 3.15. The minimum atomic E-state index is -4.38. The van der Waals surface area contributed by atoms with E-state index in [1.165, 1.54) is 18.5 Å². The third kappa shape index (κ3) is 4.56. The van der Waals surface area contributed by atoms with E-state index in [1.54, 1.807) is 16.8 Å². The summed E-state index contributed by atoms with van der Waals surface area (Å²) in [6.07, 6.45) is -0.439. The Morgan fingerprint density at radius 2 is 1.97 bits per heavy atom. The van der Waals surface area contributed by atoms with Crippen molar-refractivity contribution in [3.05, 3.63) is 60.6 Å². The van der Waals surface area contributed by atoms with Crippen LogP contribution in [0, 0.1) is 5.92 Å². The van der Waals surface area contributed by atoms with Gasteiger partial charge < -0.3 is 15.1 Å². The number of halogens is 3. The summed E-state index contributed by atoms with van der Waals surface area (Å²) < 4.78 is 44.9. The maximum Gasteiger partial charge on any atom is 0.416 e. The first kappa shape index (κ1) is 21.3. The van der Waals surface area contributed by atoms with E-state index in [-0.39, 0.29) is 17.7 Å². The second-order valence-electron chi connectivity index (χ2n) is 7.18. The number of fused-ring (bicyclic) bond motifs is 1. The van der Waals surface area contributed by atoms with Crippen molar-refractivity contribution in [3.8, 4) is 11.6 Å². The van der Waals surface area contributed by atoms with Gasteiger partial charge in [-0.3, -0.25) is 4.79 Å². The van der Waals surface area contributed by atoms with Gasteiger partial charge in [-0.15, -0.1) is 10.2 Å². The number of carbonyl (C=O) groups is 1. The van der Waals surface area contributed by atoms with Crippen LogP contribution in [0.5, 0.6) is 0 Å². The topological polar surface area (TPSA) is 97.3 Å². The van der Waals surface area contributed by atoms with Gasteiger partial charge in [-0.25, -0.2) is 4.52 Å². The van der Waals surface area contributed by atoms with Crippen LogP contribution in [0.3, 0.4) is 0 Å². The summed E-state index contributed by atoms with van der Waals surface area (Å²) >= 11 is 0. The molecule has 1 aliphatic heterocycles. The predicted octanol–water partition coefficient (Wildman–Crippen LogP) is 4.29. The summed E-state index contributed by atoms with van der Waals surface area (Å²) in [4.78, 5) is 10.5. The predicted molar refractivity (Wildman–Crippen MR) is 110 cm³/mol. The Kier molecular flexibility index (Phi) is 5.80. The number of nitrogens with one attached hydrogen (secondary N) is 2. The van der Waals surface area contributed by atoms with Gasteiger partial charge in [0.2, 0.25) is 12.3 Å². The number of nitrogens with zero attached hydrogens (tertiary/aromatic N) is 4. The molecule has 4 aromatic rings. The summed E-state index contributed by atoms with van der Waals surface area (Å²) in [5.41, 5.74) is 1.45. The number of benzene rings is 1. The highest BCUT2D eigenvalue weighted by Gasteiger charge is 2.30. The van der Waals surface area contributed by atoms with Gasteiger partial charge in [0.25, 0.3) is 5.89 Å². The largest absolute Gasteiger partial charge is 0.422 e. The summed E-state index contributed by atoms with van der Waals surface area (Å²) in [5, 5.41) is 17.7. The van der Waals surface area contributed by atoms with Crippen molar-refractivity contribution in [1.29, 1.82) is 0 Å². The number of carbonyl (C=O) groups excluding carboxylic acids is 1. The Balaban J connectivity index is 0.000000300. The fourth-order valence-corrected chi connectivity index (χ4v) is 3.15. The Morgan fingerprint density at radius 1 is 1.19 bits per heavy atom. The number of hydrogen-bond acceptors (Lipinski definition) is 6. The first-order valence-electron chi connectivity index (χ1n) is 9.79. The molecule has 1 aromatic carbocycles. The van der Waals surface area contributed by atoms with Crippen molar-refractivity contribution in [2.75, 3.05) is 11.9 Å². The van der Waals surface area contributed by atoms with Crippen LogP contribution in [0.2, 0.25) is 0 Å². The summed E-state index contributed by atoms with van der Waals surface area (Å²) in [6.45, 7) is 2.82. The first-order chi connectivity index (χ1) is 15.3. The molecule has 1 unspecified atom stereocenters. The van der Waals surface area contributed by atoms with E-state index in [1.807, 2.05) is 19.1 Å². The van der Waals surface area contributed by atoms with Crippen LogP contribution >= 0.6 is 0 Å². The average molecular weight is 444 g/mol. The average Bonchev–Trinajstić information content (AvgIpc) is 3.50. The lowest BCUT2D eigenvalue weighted by Gasteiger charge is -2.09. The minimum Gasteiger partial charge on any atom is -0.422 e. The second-order valence-corrected chi connectivity index (χ2v) is 7.18. The molecule has 0 radical (unpaired) electrons. The highest BCUT2D eigenvalue weighted by atomic mass is 19.4. The quantitative estimate of drug-likeness (QED) is 0.489. The zero-order valence-electron chi connectivity index (χ0n) is 16.9. The highest BCUT2D eigenvalue weighted by Crippen LogP contribution is 2.34. The SMILES string of the molecule is CC1CCNC1=O.FC(F)(F)c1ccc(Nc2c(-c3nnco3)nn3ccccc23)cc1. The van der Waals surface area contributed by atoms with E-state index in [0.29, 0.717) is 17.1 Å². The lowest BCUT2D eigenvalue weighted by molar-refractivity contribution is -0.137. The van der Waals surface area contributed by atoms with E-state index in [2.05, 4.69) is 25.9 Å². The van der Waals surface area contributed by atoms with Gasteiger partial charge >= 0.3 is 6.18 Å². The highest BCUT2D eigenvalue weighted by molar-refractivity contribution is 5.87. The molecule has 1 amide bonds. The van der Waals surface area contributed by atoms with Crippen LogP contribution in [0.4, 0.5) is 24.5 Å². The van der Waals surface area contributed by atoms with E-state index >= 15 is 0 Å². The number of pyridine rings is 1. The van der Waals surface area contributed by atoms with Crippen LogP contribution in [0.15, 0.2) is 59.5 Å². The lowest BCUT2D eigenvalue weighted by Crippen LogP contribution is -2.16. The minimum absolute atomic E-state index is 0.207. The third-order valence-corrected chi connectivity index (χ3v) is 4.91. The number of anilines is 2. The molecule has 1 saturated heterocycles. The molecular formula is C21H19F3N6O2. The molecule has 0 saturated carbocycles. The van der Waals surface area contributed by atoms with E-state index in [9.17, 15) is 18.0 Å². The molecule has 4 heterocycles. The molecule has 3 aromatic heterocycles. The fraction of sp³-hybridized carbons (Fsp3) is 0.238. The molecule has 11 heteroatoms. The van der Waals surface area contributed by atoms with Gasteiger partial charge in [-0.2, -0.15) is 18.3 Å². The molecule has 1 aliphatic rings. The van der Waals surface area contributed by atoms with Crippen molar-refractivity contribution in [1.82, 2.24) is 25.1 Å². The molecule has 0 spiro atoms. The number of rotatable bonds is 3. The molecule has 0 aliphatic carbocycles. The maximum absolute atomic E-state index is 12.7. The Labute approximate surface area is 180 Å². The van der Waals surface area contributed by atoms with Crippen LogP contribution < -0.4 is 10.6 Å². The summed E-state index contributed by atoms with van der Waals surface area (Å²) in [6, 6.07) is 10.2. The van der Waals surface area contributed by atoms with Gasteiger partial charge in [-0.1, -0.05) is 13.0 Å². The molecule has 0 bridgehead atoms. The maximum atomic E-state index is 12.7. The number of amides is 1. The van der Waals surface area contributed by atoms with Gasteiger partial charge in [-0.05, 0) is 42.8 Å². The van der Waals surface area contributed by atoms with Crippen molar-refractivity contribution in [3.63, 3.8) is 0 Å². The molecule has 1 fully saturated rings. The normalized spacial score (nSPS) is 15.9. The van der Waals surface area contributed by atoms with E-state index < -0.39 is 11.7 Å². The zero-order valence-corrected chi connectivity index (χ0v) is 16.9. The zero-order chi connectivity index (χ0) is 22.7. The smallest absolute Gasteiger partial charge is 0.416 e. The molecule has 5 rings (SSSR count). The standard InChI is InChI=1S/C16H10F3N5O.C5H9NO/c17-16(18,19)10-4-6-11(7-5-10)21-13-12-3-1-2-8-24(12)23-14(13)15-22-20-9-25-15;1-4-2-3-6-5(4)7/h1-9,21H;4H,2-3H2,1H3,(H,6,7). The van der Waals surface area contributed by atoms with Crippen LogP contribution in [-0.2, 0) is 11.0 Å². The van der Waals surface area contributed by atoms with Crippen LogP contribution in [-0.4, -0.2) is 32.3 Å². The first-order valence-corrected chi connectivity index (χ1v) is 9.79. The van der Waals surface area contributed by atoms with Gasteiger partial charge in [0.15, 0.2) is 5.69 Å². The van der Waals surface area contributed by atoms with Crippen LogP contribution in [0.25, 0.3) is 17.1 Å². The van der Waals surface area contributed by atoms with Crippen molar-refractivity contribution < 1.29 is 22.4 Å². The molecule has 32 heavy (non-hydrogen) atoms. The molecule has 2 N–H and O–H groups in total. The lowest BCUT2D eigenvalue weighted by atomic mass is 10.1. The van der Waals surface area contributed by atoms with E-state index in [0.717, 1.165) is 30.6 Å². The Bertz CT molecular complexity index is 1200. The van der Waals surface area contributed by atoms with Gasteiger partial charge in [0.1, 0.15) is 0 Å². The molecule has 8 nitrogen and oxygen atoms in total. The van der Waals surface area contributed by atoms with E-state index in [4.69, 9.17) is 4.42 Å². The second kappa shape index (κ2) is 8.69. The number of aromatic nitrogens is 4.